The normalized spacial score (nSPS) is 12.1. The molecule has 0 saturated heterocycles. The Morgan fingerprint density at radius 2 is 1.59 bits per heavy atom. The maximum Gasteiger partial charge on any atom is 0.251 e. The number of amides is 1. The number of hydrogen-bond donors (Lipinski definition) is 1. The van der Waals surface area contributed by atoms with Crippen LogP contribution in [0.4, 0.5) is 0 Å². The van der Waals surface area contributed by atoms with E-state index in [-0.39, 0.29) is 11.9 Å². The molecular weight excluding hydrogens is 290 g/mol. The van der Waals surface area contributed by atoms with E-state index in [0.29, 0.717) is 5.92 Å². The summed E-state index contributed by atoms with van der Waals surface area (Å²) in [5, 5.41) is 3.18. The monoisotopic (exact) mass is 313 g/mol. The predicted octanol–water partition coefficient (Wildman–Crippen LogP) is 4.62. The largest absolute Gasteiger partial charge is 0.348 e. The van der Waals surface area contributed by atoms with Gasteiger partial charge in [0.1, 0.15) is 0 Å². The van der Waals surface area contributed by atoms with Gasteiger partial charge in [-0.15, -0.1) is 11.8 Å². The highest BCUT2D eigenvalue weighted by atomic mass is 32.2. The summed E-state index contributed by atoms with van der Waals surface area (Å²) in [4.78, 5) is 13.6. The molecule has 0 spiro atoms. The van der Waals surface area contributed by atoms with E-state index in [4.69, 9.17) is 0 Å². The molecule has 0 aliphatic heterocycles. The molecule has 2 nitrogen and oxygen atoms in total. The van der Waals surface area contributed by atoms with Gasteiger partial charge in [0.15, 0.2) is 0 Å². The Morgan fingerprint density at radius 1 is 1.00 bits per heavy atom. The zero-order chi connectivity index (χ0) is 15.8. The number of benzene rings is 2. The number of carbonyl (C=O) groups is 1. The Morgan fingerprint density at radius 3 is 2.18 bits per heavy atom. The third kappa shape index (κ3) is 5.57. The summed E-state index contributed by atoms with van der Waals surface area (Å²) in [6, 6.07) is 19.9. The second-order valence-electron chi connectivity index (χ2n) is 5.79. The van der Waals surface area contributed by atoms with E-state index in [1.165, 1.54) is 4.90 Å². The summed E-state index contributed by atoms with van der Waals surface area (Å²) < 4.78 is 0. The zero-order valence-electron chi connectivity index (χ0n) is 13.2. The highest BCUT2D eigenvalue weighted by Gasteiger charge is 2.15. The minimum atomic E-state index is 0.0138. The second-order valence-corrected chi connectivity index (χ2v) is 6.88. The minimum absolute atomic E-state index is 0.0138. The number of nitrogens with one attached hydrogen (secondary N) is 1. The van der Waals surface area contributed by atoms with Crippen LogP contribution < -0.4 is 5.32 Å². The molecule has 0 heterocycles. The second kappa shape index (κ2) is 8.64. The molecule has 2 aromatic rings. The quantitative estimate of drug-likeness (QED) is 0.756. The minimum Gasteiger partial charge on any atom is -0.348 e. The SMILES string of the molecule is CC(C)C[C@@H](CSc1ccccc1)NC(=O)c1ccccc1. The fourth-order valence-corrected chi connectivity index (χ4v) is 3.27. The average molecular weight is 313 g/mol. The van der Waals surface area contributed by atoms with Crippen LogP contribution in [0, 0.1) is 5.92 Å². The summed E-state index contributed by atoms with van der Waals surface area (Å²) in [5.74, 6) is 1.46. The zero-order valence-corrected chi connectivity index (χ0v) is 14.0. The molecule has 22 heavy (non-hydrogen) atoms. The van der Waals surface area contributed by atoms with Crippen LogP contribution in [0.2, 0.25) is 0 Å². The van der Waals surface area contributed by atoms with Crippen molar-refractivity contribution in [3.05, 3.63) is 66.2 Å². The van der Waals surface area contributed by atoms with Crippen molar-refractivity contribution in [2.24, 2.45) is 5.92 Å². The van der Waals surface area contributed by atoms with Crippen molar-refractivity contribution in [1.82, 2.24) is 5.32 Å². The van der Waals surface area contributed by atoms with Gasteiger partial charge in [-0.05, 0) is 36.6 Å². The van der Waals surface area contributed by atoms with E-state index in [1.54, 1.807) is 11.8 Å². The van der Waals surface area contributed by atoms with Crippen LogP contribution in [-0.4, -0.2) is 17.7 Å². The molecule has 0 aliphatic rings. The predicted molar refractivity (Wildman–Crippen MR) is 94.3 cm³/mol. The van der Waals surface area contributed by atoms with E-state index in [2.05, 4.69) is 31.3 Å². The van der Waals surface area contributed by atoms with Crippen LogP contribution in [0.25, 0.3) is 0 Å². The van der Waals surface area contributed by atoms with E-state index < -0.39 is 0 Å². The first-order valence-corrected chi connectivity index (χ1v) is 8.67. The third-order valence-corrected chi connectivity index (χ3v) is 4.50. The van der Waals surface area contributed by atoms with Crippen molar-refractivity contribution in [2.75, 3.05) is 5.75 Å². The van der Waals surface area contributed by atoms with Crippen LogP contribution in [0.3, 0.4) is 0 Å². The lowest BCUT2D eigenvalue weighted by Gasteiger charge is -2.20. The van der Waals surface area contributed by atoms with Gasteiger partial charge >= 0.3 is 0 Å². The Hall–Kier alpha value is -1.74. The molecule has 0 radical (unpaired) electrons. The fraction of sp³-hybridized carbons (Fsp3) is 0.316. The van der Waals surface area contributed by atoms with Gasteiger partial charge in [0, 0.05) is 22.3 Å². The molecule has 0 aliphatic carbocycles. The van der Waals surface area contributed by atoms with Crippen molar-refractivity contribution in [2.45, 2.75) is 31.2 Å². The van der Waals surface area contributed by atoms with Crippen LogP contribution in [-0.2, 0) is 0 Å². The standard InChI is InChI=1S/C19H23NOS/c1-15(2)13-17(14-22-18-11-7-4-8-12-18)20-19(21)16-9-5-3-6-10-16/h3-12,15,17H,13-14H2,1-2H3,(H,20,21)/t17-/m0/s1. The molecule has 0 saturated carbocycles. The van der Waals surface area contributed by atoms with E-state index in [9.17, 15) is 4.79 Å². The van der Waals surface area contributed by atoms with Gasteiger partial charge in [0.2, 0.25) is 0 Å². The summed E-state index contributed by atoms with van der Waals surface area (Å²) in [5.41, 5.74) is 0.723. The van der Waals surface area contributed by atoms with E-state index >= 15 is 0 Å². The van der Waals surface area contributed by atoms with Crippen molar-refractivity contribution in [3.8, 4) is 0 Å². The Bertz CT molecular complexity index is 569. The Kier molecular flexibility index (Phi) is 6.53. The lowest BCUT2D eigenvalue weighted by Crippen LogP contribution is -2.37. The Balaban J connectivity index is 1.95. The van der Waals surface area contributed by atoms with Gasteiger partial charge in [-0.1, -0.05) is 50.2 Å². The van der Waals surface area contributed by atoms with Crippen LogP contribution in [0.15, 0.2) is 65.6 Å². The average Bonchev–Trinajstić information content (AvgIpc) is 2.54. The molecule has 0 unspecified atom stereocenters. The highest BCUT2D eigenvalue weighted by Crippen LogP contribution is 2.20. The molecule has 1 amide bonds. The van der Waals surface area contributed by atoms with Crippen molar-refractivity contribution >= 4 is 17.7 Å². The molecule has 3 heteroatoms. The molecule has 1 atom stereocenters. The highest BCUT2D eigenvalue weighted by molar-refractivity contribution is 7.99. The van der Waals surface area contributed by atoms with Gasteiger partial charge in [-0.25, -0.2) is 0 Å². The molecule has 0 bridgehead atoms. The summed E-state index contributed by atoms with van der Waals surface area (Å²) in [7, 11) is 0. The third-order valence-electron chi connectivity index (χ3n) is 3.32. The molecule has 1 N–H and O–H groups in total. The summed E-state index contributed by atoms with van der Waals surface area (Å²) in [6.45, 7) is 4.38. The first kappa shape index (κ1) is 16.6. The molecule has 116 valence electrons. The van der Waals surface area contributed by atoms with E-state index in [0.717, 1.165) is 17.7 Å². The summed E-state index contributed by atoms with van der Waals surface area (Å²) in [6.07, 6.45) is 0.985. The molecule has 2 rings (SSSR count). The molecule has 2 aromatic carbocycles. The fourth-order valence-electron chi connectivity index (χ4n) is 2.31. The van der Waals surface area contributed by atoms with Gasteiger partial charge < -0.3 is 5.32 Å². The molecule has 0 aromatic heterocycles. The topological polar surface area (TPSA) is 29.1 Å². The van der Waals surface area contributed by atoms with Gasteiger partial charge in [0.05, 0.1) is 0 Å². The number of rotatable bonds is 7. The van der Waals surface area contributed by atoms with Crippen molar-refractivity contribution in [1.29, 1.82) is 0 Å². The smallest absolute Gasteiger partial charge is 0.251 e. The molecular formula is C19H23NOS. The lowest BCUT2D eigenvalue weighted by atomic mass is 10.0. The first-order valence-electron chi connectivity index (χ1n) is 7.69. The van der Waals surface area contributed by atoms with Crippen molar-refractivity contribution in [3.63, 3.8) is 0 Å². The number of hydrogen-bond acceptors (Lipinski definition) is 2. The lowest BCUT2D eigenvalue weighted by molar-refractivity contribution is 0.0937. The summed E-state index contributed by atoms with van der Waals surface area (Å²) >= 11 is 1.79. The molecule has 0 fully saturated rings. The number of thioether (sulfide) groups is 1. The maximum absolute atomic E-state index is 12.3. The van der Waals surface area contributed by atoms with Crippen LogP contribution >= 0.6 is 11.8 Å². The van der Waals surface area contributed by atoms with Crippen molar-refractivity contribution < 1.29 is 4.79 Å². The van der Waals surface area contributed by atoms with Gasteiger partial charge in [-0.2, -0.15) is 0 Å². The van der Waals surface area contributed by atoms with Crippen LogP contribution in [0.1, 0.15) is 30.6 Å². The Labute approximate surface area is 137 Å². The first-order chi connectivity index (χ1) is 10.6. The number of carbonyl (C=O) groups excluding carboxylic acids is 1. The van der Waals surface area contributed by atoms with E-state index in [1.807, 2.05) is 48.5 Å². The van der Waals surface area contributed by atoms with Gasteiger partial charge in [0.25, 0.3) is 5.91 Å². The van der Waals surface area contributed by atoms with Crippen LogP contribution in [0.5, 0.6) is 0 Å². The maximum atomic E-state index is 12.3. The van der Waals surface area contributed by atoms with Gasteiger partial charge in [-0.3, -0.25) is 4.79 Å².